The summed E-state index contributed by atoms with van der Waals surface area (Å²) in [6, 6.07) is 58.6. The van der Waals surface area contributed by atoms with E-state index in [1.54, 1.807) is 6.20 Å². The number of fused-ring (bicyclic) bond motifs is 6. The standard InChI is InChI=1S/C38H25N2O.C11H8N.Ir/c1-23-19-30-20-27(25-7-4-3-5-8-25)13-14-28(30)21-34(23)29-17-18-39-35(22-29)33-10-6-9-31-32-16-15-26-12-11-24(2)40-36(26)38(32)41-37(31)33;1-2-6-10(7-3-1)11-8-4-5-9-12-11;/h3-9,11-22H,1-2H3;1-6,8-9H;/q2*-1;. The summed E-state index contributed by atoms with van der Waals surface area (Å²) in [7, 11) is 0. The van der Waals surface area contributed by atoms with E-state index in [-0.39, 0.29) is 20.1 Å². The number of nitrogens with zero attached hydrogens (tertiary/aromatic N) is 3. The normalized spacial score (nSPS) is 11.0. The zero-order valence-corrected chi connectivity index (χ0v) is 32.1. The van der Waals surface area contributed by atoms with Gasteiger partial charge in [0.05, 0.1) is 5.58 Å². The minimum absolute atomic E-state index is 0. The molecule has 0 fully saturated rings. The molecular formula is C49H33IrN3O-2. The van der Waals surface area contributed by atoms with Gasteiger partial charge in [-0.05, 0) is 94.2 Å². The number of pyridine rings is 3. The van der Waals surface area contributed by atoms with Gasteiger partial charge in [-0.2, -0.15) is 0 Å². The van der Waals surface area contributed by atoms with Crippen LogP contribution >= 0.6 is 0 Å². The van der Waals surface area contributed by atoms with Crippen LogP contribution in [0.1, 0.15) is 11.3 Å². The zero-order valence-electron chi connectivity index (χ0n) is 29.7. The number of rotatable bonds is 4. The first-order valence-electron chi connectivity index (χ1n) is 17.7. The number of hydrogen-bond donors (Lipinski definition) is 0. The second-order valence-electron chi connectivity index (χ2n) is 13.2. The van der Waals surface area contributed by atoms with Gasteiger partial charge in [0.2, 0.25) is 0 Å². The number of furan rings is 1. The van der Waals surface area contributed by atoms with Gasteiger partial charge in [-0.1, -0.05) is 95.9 Å². The van der Waals surface area contributed by atoms with E-state index in [2.05, 4.69) is 121 Å². The Morgan fingerprint density at radius 2 is 1.31 bits per heavy atom. The third-order valence-electron chi connectivity index (χ3n) is 9.67. The largest absolute Gasteiger partial charge is 0.498 e. The van der Waals surface area contributed by atoms with E-state index in [0.717, 1.165) is 66.6 Å². The quantitative estimate of drug-likeness (QED) is 0.165. The molecule has 0 bridgehead atoms. The van der Waals surface area contributed by atoms with Crippen LogP contribution in [0.25, 0.3) is 88.4 Å². The van der Waals surface area contributed by atoms with Crippen molar-refractivity contribution in [2.75, 3.05) is 0 Å². The molecule has 4 heterocycles. The van der Waals surface area contributed by atoms with Gasteiger partial charge in [-0.3, -0.25) is 0 Å². The average molecular weight is 872 g/mol. The summed E-state index contributed by atoms with van der Waals surface area (Å²) >= 11 is 0. The molecule has 1 radical (unpaired) electrons. The topological polar surface area (TPSA) is 51.8 Å². The van der Waals surface area contributed by atoms with Crippen LogP contribution < -0.4 is 0 Å². The molecule has 5 heteroatoms. The summed E-state index contributed by atoms with van der Waals surface area (Å²) in [5.74, 6) is 0. The molecule has 261 valence electrons. The maximum absolute atomic E-state index is 6.55. The minimum atomic E-state index is 0. The fourth-order valence-corrected chi connectivity index (χ4v) is 7.01. The van der Waals surface area contributed by atoms with Crippen molar-refractivity contribution in [3.8, 4) is 44.8 Å². The van der Waals surface area contributed by atoms with E-state index < -0.39 is 0 Å². The Morgan fingerprint density at radius 1 is 0.519 bits per heavy atom. The first-order valence-corrected chi connectivity index (χ1v) is 17.7. The molecule has 54 heavy (non-hydrogen) atoms. The van der Waals surface area contributed by atoms with Gasteiger partial charge in [0, 0.05) is 49.0 Å². The fourth-order valence-electron chi connectivity index (χ4n) is 7.01. The second-order valence-corrected chi connectivity index (χ2v) is 13.2. The Morgan fingerprint density at radius 3 is 2.15 bits per heavy atom. The van der Waals surface area contributed by atoms with Gasteiger partial charge in [0.15, 0.2) is 0 Å². The monoisotopic (exact) mass is 872 g/mol. The Labute approximate surface area is 327 Å². The fraction of sp³-hybridized carbons (Fsp3) is 0.0408. The molecule has 0 amide bonds. The van der Waals surface area contributed by atoms with E-state index in [4.69, 9.17) is 14.4 Å². The van der Waals surface area contributed by atoms with Crippen LogP contribution in [-0.2, 0) is 20.1 Å². The molecule has 0 aliphatic carbocycles. The molecule has 0 unspecified atom stereocenters. The summed E-state index contributed by atoms with van der Waals surface area (Å²) in [4.78, 5) is 13.8. The molecule has 10 aromatic rings. The van der Waals surface area contributed by atoms with Crippen LogP contribution in [0.15, 0.2) is 168 Å². The predicted octanol–water partition coefficient (Wildman–Crippen LogP) is 12.6. The van der Waals surface area contributed by atoms with Gasteiger partial charge in [0.1, 0.15) is 11.1 Å². The van der Waals surface area contributed by atoms with Crippen LogP contribution in [-0.4, -0.2) is 15.0 Å². The second kappa shape index (κ2) is 15.0. The molecule has 0 aliphatic rings. The Balaban J connectivity index is 0.000000271. The number of hydrogen-bond acceptors (Lipinski definition) is 4. The third kappa shape index (κ3) is 6.72. The summed E-state index contributed by atoms with van der Waals surface area (Å²) in [6.07, 6.45) is 3.67. The van der Waals surface area contributed by atoms with Gasteiger partial charge in [-0.25, -0.2) is 4.98 Å². The first kappa shape index (κ1) is 34.8. The maximum Gasteiger partial charge on any atom is 0.147 e. The molecule has 4 nitrogen and oxygen atoms in total. The van der Waals surface area contributed by atoms with Gasteiger partial charge >= 0.3 is 0 Å². The molecular weight excluding hydrogens is 839 g/mol. The van der Waals surface area contributed by atoms with Crippen molar-refractivity contribution in [2.24, 2.45) is 0 Å². The molecule has 4 aromatic heterocycles. The minimum Gasteiger partial charge on any atom is -0.498 e. The summed E-state index contributed by atoms with van der Waals surface area (Å²) in [6.45, 7) is 4.18. The summed E-state index contributed by atoms with van der Waals surface area (Å²) < 4.78 is 6.55. The van der Waals surface area contributed by atoms with E-state index in [1.165, 1.54) is 33.0 Å². The van der Waals surface area contributed by atoms with Crippen molar-refractivity contribution in [1.29, 1.82) is 0 Å². The number of benzene rings is 6. The molecule has 0 saturated heterocycles. The Bertz CT molecular complexity index is 2870. The van der Waals surface area contributed by atoms with Gasteiger partial charge in [0.25, 0.3) is 0 Å². The molecule has 0 atom stereocenters. The van der Waals surface area contributed by atoms with Crippen molar-refractivity contribution in [3.05, 3.63) is 187 Å². The molecule has 0 N–H and O–H groups in total. The third-order valence-corrected chi connectivity index (χ3v) is 9.67. The van der Waals surface area contributed by atoms with E-state index in [1.807, 2.05) is 67.7 Å². The molecule has 0 aliphatic heterocycles. The van der Waals surface area contributed by atoms with Crippen molar-refractivity contribution < 1.29 is 24.5 Å². The van der Waals surface area contributed by atoms with Crippen LogP contribution in [0, 0.1) is 26.0 Å². The summed E-state index contributed by atoms with van der Waals surface area (Å²) in [5.41, 5.74) is 13.1. The number of aryl methyl sites for hydroxylation is 2. The number of aromatic nitrogens is 3. The van der Waals surface area contributed by atoms with E-state index in [0.29, 0.717) is 0 Å². The Kier molecular flexibility index (Phi) is 9.67. The van der Waals surface area contributed by atoms with Crippen LogP contribution in [0.2, 0.25) is 0 Å². The molecule has 0 saturated carbocycles. The van der Waals surface area contributed by atoms with Crippen molar-refractivity contribution in [3.63, 3.8) is 0 Å². The van der Waals surface area contributed by atoms with Crippen molar-refractivity contribution in [2.45, 2.75) is 13.8 Å². The van der Waals surface area contributed by atoms with Crippen molar-refractivity contribution in [1.82, 2.24) is 15.0 Å². The van der Waals surface area contributed by atoms with Gasteiger partial charge < -0.3 is 14.4 Å². The summed E-state index contributed by atoms with van der Waals surface area (Å²) in [5, 5.41) is 5.61. The van der Waals surface area contributed by atoms with E-state index in [9.17, 15) is 0 Å². The van der Waals surface area contributed by atoms with Crippen LogP contribution in [0.4, 0.5) is 0 Å². The average Bonchev–Trinajstić information content (AvgIpc) is 3.61. The SMILES string of the molecule is Cc1ccc2ccc3c4cc[c-]c(-c5cc(-c6cc7ccc(-c8ccccc8)cc7cc6C)ccn5)c4oc3c2n1.[Ir].[c-]1ccccc1-c1ccccn1. The van der Waals surface area contributed by atoms with Crippen LogP contribution in [0.5, 0.6) is 0 Å². The van der Waals surface area contributed by atoms with Crippen molar-refractivity contribution >= 4 is 43.6 Å². The van der Waals surface area contributed by atoms with Gasteiger partial charge in [-0.15, -0.1) is 54.1 Å². The Hall–Kier alpha value is -6.26. The maximum atomic E-state index is 6.55. The molecule has 0 spiro atoms. The van der Waals surface area contributed by atoms with E-state index >= 15 is 0 Å². The smallest absolute Gasteiger partial charge is 0.147 e. The molecule has 10 rings (SSSR count). The van der Waals surface area contributed by atoms with Crippen LogP contribution in [0.3, 0.4) is 0 Å². The first-order chi connectivity index (χ1) is 26.1. The molecule has 6 aromatic carbocycles. The zero-order chi connectivity index (χ0) is 35.7. The predicted molar refractivity (Wildman–Crippen MR) is 217 cm³/mol.